The molecule has 1 N–H and O–H groups in total. The molecule has 78 valence electrons. The Labute approximate surface area is 102 Å². The molecule has 3 heteroatoms. The number of halogens is 1. The van der Waals surface area contributed by atoms with Crippen LogP contribution < -0.4 is 5.32 Å². The molecule has 0 spiro atoms. The average molecular weight is 282 g/mol. The second-order valence-electron chi connectivity index (χ2n) is 3.44. The number of hydrogen-bond donors (Lipinski definition) is 1. The molecule has 2 aromatic rings. The molecule has 0 amide bonds. The van der Waals surface area contributed by atoms with Crippen LogP contribution in [0.25, 0.3) is 0 Å². The van der Waals surface area contributed by atoms with E-state index in [1.54, 1.807) is 11.3 Å². The highest BCUT2D eigenvalue weighted by atomic mass is 79.9. The number of hydrogen-bond acceptors (Lipinski definition) is 2. The SMILES string of the molecule is Cc1cc(Br)ccc1NCc1ccsc1. The monoisotopic (exact) mass is 281 g/mol. The van der Waals surface area contributed by atoms with Crippen molar-refractivity contribution in [3.63, 3.8) is 0 Å². The van der Waals surface area contributed by atoms with Crippen molar-refractivity contribution in [3.8, 4) is 0 Å². The second kappa shape index (κ2) is 4.81. The Morgan fingerprint density at radius 1 is 1.33 bits per heavy atom. The fourth-order valence-corrected chi connectivity index (χ4v) is 2.56. The third kappa shape index (κ3) is 2.83. The minimum Gasteiger partial charge on any atom is -0.381 e. The van der Waals surface area contributed by atoms with Crippen molar-refractivity contribution in [2.45, 2.75) is 13.5 Å². The molecular formula is C12H12BrNS. The highest BCUT2D eigenvalue weighted by Gasteiger charge is 1.98. The van der Waals surface area contributed by atoms with Gasteiger partial charge in [0.05, 0.1) is 0 Å². The van der Waals surface area contributed by atoms with Gasteiger partial charge in [0.1, 0.15) is 0 Å². The molecule has 0 radical (unpaired) electrons. The van der Waals surface area contributed by atoms with Gasteiger partial charge in [0.15, 0.2) is 0 Å². The molecule has 0 bridgehead atoms. The molecule has 1 heterocycles. The lowest BCUT2D eigenvalue weighted by atomic mass is 10.2. The highest BCUT2D eigenvalue weighted by molar-refractivity contribution is 9.10. The quantitative estimate of drug-likeness (QED) is 0.878. The van der Waals surface area contributed by atoms with Crippen molar-refractivity contribution in [2.75, 3.05) is 5.32 Å². The summed E-state index contributed by atoms with van der Waals surface area (Å²) in [6.07, 6.45) is 0. The summed E-state index contributed by atoms with van der Waals surface area (Å²) in [6, 6.07) is 8.43. The Kier molecular flexibility index (Phi) is 3.44. The summed E-state index contributed by atoms with van der Waals surface area (Å²) in [5, 5.41) is 7.70. The highest BCUT2D eigenvalue weighted by Crippen LogP contribution is 2.20. The summed E-state index contributed by atoms with van der Waals surface area (Å²) >= 11 is 5.19. The Bertz CT molecular complexity index is 437. The molecule has 0 fully saturated rings. The molecule has 0 saturated heterocycles. The Hall–Kier alpha value is -0.800. The third-order valence-corrected chi connectivity index (χ3v) is 3.48. The molecule has 2 rings (SSSR count). The number of benzene rings is 1. The zero-order valence-electron chi connectivity index (χ0n) is 8.46. The average Bonchev–Trinajstić information content (AvgIpc) is 2.69. The van der Waals surface area contributed by atoms with Crippen molar-refractivity contribution < 1.29 is 0 Å². The van der Waals surface area contributed by atoms with Crippen LogP contribution in [0, 0.1) is 6.92 Å². The van der Waals surface area contributed by atoms with Gasteiger partial charge >= 0.3 is 0 Å². The van der Waals surface area contributed by atoms with Crippen LogP contribution in [0.4, 0.5) is 5.69 Å². The zero-order chi connectivity index (χ0) is 10.7. The van der Waals surface area contributed by atoms with E-state index in [1.807, 2.05) is 0 Å². The first-order valence-electron chi connectivity index (χ1n) is 4.77. The molecule has 0 atom stereocenters. The largest absolute Gasteiger partial charge is 0.381 e. The molecule has 0 aliphatic heterocycles. The molecule has 1 aromatic carbocycles. The maximum absolute atomic E-state index is 3.46. The Morgan fingerprint density at radius 3 is 2.87 bits per heavy atom. The zero-order valence-corrected chi connectivity index (χ0v) is 10.9. The van der Waals surface area contributed by atoms with Crippen LogP contribution in [0.15, 0.2) is 39.5 Å². The lowest BCUT2D eigenvalue weighted by Crippen LogP contribution is -1.99. The maximum Gasteiger partial charge on any atom is 0.0409 e. The van der Waals surface area contributed by atoms with Crippen molar-refractivity contribution in [1.82, 2.24) is 0 Å². The number of anilines is 1. The standard InChI is InChI=1S/C12H12BrNS/c1-9-6-11(13)2-3-12(9)14-7-10-4-5-15-8-10/h2-6,8,14H,7H2,1H3. The summed E-state index contributed by atoms with van der Waals surface area (Å²) in [4.78, 5) is 0. The minimum absolute atomic E-state index is 0.895. The lowest BCUT2D eigenvalue weighted by molar-refractivity contribution is 1.15. The molecular weight excluding hydrogens is 270 g/mol. The van der Waals surface area contributed by atoms with E-state index < -0.39 is 0 Å². The molecule has 0 unspecified atom stereocenters. The van der Waals surface area contributed by atoms with Gasteiger partial charge < -0.3 is 5.32 Å². The summed E-state index contributed by atoms with van der Waals surface area (Å²) in [5.41, 5.74) is 3.80. The second-order valence-corrected chi connectivity index (χ2v) is 5.14. The topological polar surface area (TPSA) is 12.0 Å². The van der Waals surface area contributed by atoms with Crippen LogP contribution in [0.1, 0.15) is 11.1 Å². The molecule has 0 aliphatic rings. The van der Waals surface area contributed by atoms with Gasteiger partial charge in [-0.2, -0.15) is 11.3 Å². The maximum atomic E-state index is 3.46. The summed E-state index contributed by atoms with van der Waals surface area (Å²) < 4.78 is 1.13. The molecule has 0 aliphatic carbocycles. The summed E-state index contributed by atoms with van der Waals surface area (Å²) in [7, 11) is 0. The van der Waals surface area contributed by atoms with Gasteiger partial charge in [0.2, 0.25) is 0 Å². The first kappa shape index (κ1) is 10.7. The predicted molar refractivity (Wildman–Crippen MR) is 70.5 cm³/mol. The molecule has 1 nitrogen and oxygen atoms in total. The molecule has 15 heavy (non-hydrogen) atoms. The van der Waals surface area contributed by atoms with Crippen LogP contribution in [-0.2, 0) is 6.54 Å². The van der Waals surface area contributed by atoms with Gasteiger partial charge in [0, 0.05) is 16.7 Å². The van der Waals surface area contributed by atoms with Gasteiger partial charge in [-0.3, -0.25) is 0 Å². The lowest BCUT2D eigenvalue weighted by Gasteiger charge is -2.08. The minimum atomic E-state index is 0.895. The van der Waals surface area contributed by atoms with Crippen molar-refractivity contribution in [3.05, 3.63) is 50.6 Å². The first-order valence-corrected chi connectivity index (χ1v) is 6.50. The van der Waals surface area contributed by atoms with Gasteiger partial charge in [-0.25, -0.2) is 0 Å². The van der Waals surface area contributed by atoms with E-state index in [1.165, 1.54) is 16.8 Å². The van der Waals surface area contributed by atoms with Crippen LogP contribution in [-0.4, -0.2) is 0 Å². The first-order chi connectivity index (χ1) is 7.25. The summed E-state index contributed by atoms with van der Waals surface area (Å²) in [5.74, 6) is 0. The van der Waals surface area contributed by atoms with Gasteiger partial charge in [0.25, 0.3) is 0 Å². The van der Waals surface area contributed by atoms with E-state index in [0.29, 0.717) is 0 Å². The number of rotatable bonds is 3. The smallest absolute Gasteiger partial charge is 0.0409 e. The van der Waals surface area contributed by atoms with Crippen LogP contribution in [0.5, 0.6) is 0 Å². The third-order valence-electron chi connectivity index (χ3n) is 2.25. The molecule has 0 saturated carbocycles. The van der Waals surface area contributed by atoms with Crippen LogP contribution >= 0.6 is 27.3 Å². The van der Waals surface area contributed by atoms with Crippen molar-refractivity contribution >= 4 is 33.0 Å². The van der Waals surface area contributed by atoms with E-state index in [9.17, 15) is 0 Å². The Morgan fingerprint density at radius 2 is 2.20 bits per heavy atom. The predicted octanol–water partition coefficient (Wildman–Crippen LogP) is 4.43. The van der Waals surface area contributed by atoms with Crippen LogP contribution in [0.2, 0.25) is 0 Å². The number of aryl methyl sites for hydroxylation is 1. The van der Waals surface area contributed by atoms with Crippen molar-refractivity contribution in [2.24, 2.45) is 0 Å². The van der Waals surface area contributed by atoms with Crippen molar-refractivity contribution in [1.29, 1.82) is 0 Å². The molecule has 1 aromatic heterocycles. The van der Waals surface area contributed by atoms with E-state index >= 15 is 0 Å². The van der Waals surface area contributed by atoms with Gasteiger partial charge in [-0.15, -0.1) is 0 Å². The summed E-state index contributed by atoms with van der Waals surface area (Å²) in [6.45, 7) is 3.01. The number of nitrogens with one attached hydrogen (secondary N) is 1. The van der Waals surface area contributed by atoms with E-state index in [4.69, 9.17) is 0 Å². The van der Waals surface area contributed by atoms with E-state index in [0.717, 1.165) is 11.0 Å². The fourth-order valence-electron chi connectivity index (χ4n) is 1.42. The van der Waals surface area contributed by atoms with Crippen LogP contribution in [0.3, 0.4) is 0 Å². The normalized spacial score (nSPS) is 10.3. The van der Waals surface area contributed by atoms with E-state index in [2.05, 4.69) is 63.2 Å². The Balaban J connectivity index is 2.05. The van der Waals surface area contributed by atoms with Gasteiger partial charge in [-0.1, -0.05) is 15.9 Å². The fraction of sp³-hybridized carbons (Fsp3) is 0.167. The van der Waals surface area contributed by atoms with Gasteiger partial charge in [-0.05, 0) is 53.1 Å². The van der Waals surface area contributed by atoms with E-state index in [-0.39, 0.29) is 0 Å². The number of thiophene rings is 1.